The zero-order valence-electron chi connectivity index (χ0n) is 21.0. The van der Waals surface area contributed by atoms with Gasteiger partial charge >= 0.3 is 0 Å². The number of benzene rings is 3. The lowest BCUT2D eigenvalue weighted by Gasteiger charge is -2.14. The number of ketones is 1. The molecule has 7 nitrogen and oxygen atoms in total. The molecule has 37 heavy (non-hydrogen) atoms. The Morgan fingerprint density at radius 2 is 1.73 bits per heavy atom. The van der Waals surface area contributed by atoms with E-state index in [0.29, 0.717) is 11.6 Å². The third-order valence-corrected chi connectivity index (χ3v) is 6.14. The Morgan fingerprint density at radius 1 is 0.946 bits per heavy atom. The maximum Gasteiger partial charge on any atom is 0.225 e. The molecule has 6 aromatic rings. The van der Waals surface area contributed by atoms with E-state index in [2.05, 4.69) is 69.4 Å². The highest BCUT2D eigenvalue weighted by atomic mass is 16.1. The van der Waals surface area contributed by atoms with Gasteiger partial charge in [-0.25, -0.2) is 9.97 Å². The second kappa shape index (κ2) is 10.5. The van der Waals surface area contributed by atoms with Crippen molar-refractivity contribution in [2.24, 2.45) is 0 Å². The highest BCUT2D eigenvalue weighted by Crippen LogP contribution is 2.20. The molecule has 0 radical (unpaired) electrons. The number of H-pyrrole nitrogens is 1. The van der Waals surface area contributed by atoms with Gasteiger partial charge in [0.05, 0.1) is 22.8 Å². The number of fused-ring (bicyclic) bond motifs is 2. The molecule has 184 valence electrons. The monoisotopic (exact) mass is 488 g/mol. The van der Waals surface area contributed by atoms with E-state index in [-0.39, 0.29) is 11.8 Å². The lowest BCUT2D eigenvalue weighted by molar-refractivity contribution is 0.101. The van der Waals surface area contributed by atoms with Crippen molar-refractivity contribution in [1.82, 2.24) is 24.5 Å². The molecule has 3 heterocycles. The maximum atomic E-state index is 11.0. The molecule has 0 unspecified atom stereocenters. The molecule has 0 saturated carbocycles. The fourth-order valence-corrected chi connectivity index (χ4v) is 4.14. The lowest BCUT2D eigenvalue weighted by Crippen LogP contribution is -2.10. The van der Waals surface area contributed by atoms with Crippen molar-refractivity contribution in [1.29, 1.82) is 0 Å². The van der Waals surface area contributed by atoms with Crippen molar-refractivity contribution < 1.29 is 4.79 Å². The summed E-state index contributed by atoms with van der Waals surface area (Å²) in [6.45, 7) is 5.72. The van der Waals surface area contributed by atoms with Crippen LogP contribution in [0.5, 0.6) is 0 Å². The summed E-state index contributed by atoms with van der Waals surface area (Å²) in [5.74, 6) is 1.47. The van der Waals surface area contributed by atoms with E-state index < -0.39 is 0 Å². The van der Waals surface area contributed by atoms with Crippen molar-refractivity contribution in [2.75, 3.05) is 5.32 Å². The molecule has 6 rings (SSSR count). The molecule has 0 spiro atoms. The number of aryl methyl sites for hydroxylation is 1. The molecule has 2 N–H and O–H groups in total. The Bertz CT molecular complexity index is 1640. The molecule has 3 aromatic carbocycles. The van der Waals surface area contributed by atoms with E-state index in [1.807, 2.05) is 59.2 Å². The van der Waals surface area contributed by atoms with Crippen LogP contribution in [0, 0.1) is 6.92 Å². The summed E-state index contributed by atoms with van der Waals surface area (Å²) in [5.41, 5.74) is 6.08. The van der Waals surface area contributed by atoms with Gasteiger partial charge in [0.15, 0.2) is 5.78 Å². The van der Waals surface area contributed by atoms with Gasteiger partial charge in [0.25, 0.3) is 0 Å². The third-order valence-electron chi connectivity index (χ3n) is 6.14. The fourth-order valence-electron chi connectivity index (χ4n) is 4.14. The van der Waals surface area contributed by atoms with Gasteiger partial charge in [-0.3, -0.25) is 9.36 Å². The smallest absolute Gasteiger partial charge is 0.225 e. The van der Waals surface area contributed by atoms with Gasteiger partial charge in [0.2, 0.25) is 5.95 Å². The van der Waals surface area contributed by atoms with E-state index in [0.717, 1.165) is 27.8 Å². The normalized spacial score (nSPS) is 11.6. The van der Waals surface area contributed by atoms with Crippen LogP contribution in [0.1, 0.15) is 41.5 Å². The molecular weight excluding hydrogens is 460 g/mol. The van der Waals surface area contributed by atoms with Crippen molar-refractivity contribution >= 4 is 33.7 Å². The van der Waals surface area contributed by atoms with Crippen LogP contribution in [0.15, 0.2) is 97.5 Å². The highest BCUT2D eigenvalue weighted by Gasteiger charge is 2.10. The first-order valence-corrected chi connectivity index (χ1v) is 12.2. The number of imidazole rings is 1. The van der Waals surface area contributed by atoms with Gasteiger partial charge in [-0.2, -0.15) is 4.98 Å². The fraction of sp³-hybridized carbons (Fsp3) is 0.133. The Hall–Kier alpha value is -4.78. The zero-order chi connectivity index (χ0) is 25.8. The Morgan fingerprint density at radius 3 is 2.51 bits per heavy atom. The van der Waals surface area contributed by atoms with Crippen LogP contribution in [-0.4, -0.2) is 30.3 Å². The minimum absolute atomic E-state index is 0.0752. The summed E-state index contributed by atoms with van der Waals surface area (Å²) in [4.78, 5) is 27.5. The molecule has 3 aromatic heterocycles. The molecule has 0 bridgehead atoms. The average Bonchev–Trinajstić information content (AvgIpc) is 3.54. The number of nitrogens with zero attached hydrogens (tertiary/aromatic N) is 4. The molecule has 0 aliphatic rings. The van der Waals surface area contributed by atoms with Gasteiger partial charge in [0, 0.05) is 24.0 Å². The predicted octanol–water partition coefficient (Wildman–Crippen LogP) is 6.67. The first-order valence-electron chi connectivity index (χ1n) is 12.2. The first-order chi connectivity index (χ1) is 18.0. The van der Waals surface area contributed by atoms with Gasteiger partial charge in [-0.1, -0.05) is 54.6 Å². The number of anilines is 1. The Kier molecular flexibility index (Phi) is 6.76. The summed E-state index contributed by atoms with van der Waals surface area (Å²) >= 11 is 0. The van der Waals surface area contributed by atoms with Gasteiger partial charge in [0.1, 0.15) is 12.1 Å². The second-order valence-corrected chi connectivity index (χ2v) is 8.95. The van der Waals surface area contributed by atoms with Crippen molar-refractivity contribution in [3.05, 3.63) is 114 Å². The van der Waals surface area contributed by atoms with Crippen LogP contribution in [0.4, 0.5) is 5.95 Å². The summed E-state index contributed by atoms with van der Waals surface area (Å²) in [5, 5.41) is 4.45. The number of carbonyl (C=O) groups excluding carboxylic acids is 1. The Labute approximate surface area is 215 Å². The van der Waals surface area contributed by atoms with E-state index >= 15 is 0 Å². The molecule has 0 aliphatic heterocycles. The zero-order valence-corrected chi connectivity index (χ0v) is 21.0. The van der Waals surface area contributed by atoms with Crippen LogP contribution in [-0.2, 0) is 0 Å². The minimum Gasteiger partial charge on any atom is -0.352 e. The minimum atomic E-state index is 0.0752. The molecule has 7 heteroatoms. The number of rotatable bonds is 5. The van der Waals surface area contributed by atoms with Crippen LogP contribution in [0.2, 0.25) is 0 Å². The summed E-state index contributed by atoms with van der Waals surface area (Å²) in [6.07, 6.45) is 3.57. The summed E-state index contributed by atoms with van der Waals surface area (Å²) in [7, 11) is 0. The molecule has 0 amide bonds. The van der Waals surface area contributed by atoms with Crippen molar-refractivity contribution in [3.63, 3.8) is 0 Å². The van der Waals surface area contributed by atoms with E-state index in [4.69, 9.17) is 0 Å². The number of para-hydroxylation sites is 1. The number of Topliss-reactive ketones (excluding diaryl/α,β-unsaturated/α-hetero) is 1. The quantitative estimate of drug-likeness (QED) is 0.265. The number of aromatic amines is 1. The largest absolute Gasteiger partial charge is 0.352 e. The van der Waals surface area contributed by atoms with E-state index in [9.17, 15) is 4.79 Å². The number of carbonyl (C=O) groups is 1. The molecule has 1 atom stereocenters. The summed E-state index contributed by atoms with van der Waals surface area (Å²) in [6, 6.07) is 28.2. The standard InChI is InChI=1S/C20H19N5.C10H9NO/c1-14-8-9-18-17(12-14)22-13-25(18)19-10-11-21-20(24-19)23-15(2)16-6-4-3-5-7-16;1-7(12)10-6-8-4-2-3-5-9(8)11-10/h3-13,15H,1-2H3,(H,21,23,24);2-6,11H,1H3/t15-;/m0./s1. The topological polar surface area (TPSA) is 88.5 Å². The number of aromatic nitrogens is 5. The van der Waals surface area contributed by atoms with Gasteiger partial charge < -0.3 is 10.3 Å². The van der Waals surface area contributed by atoms with Crippen molar-refractivity contribution in [3.8, 4) is 5.82 Å². The van der Waals surface area contributed by atoms with Gasteiger partial charge in [-0.05, 0) is 55.3 Å². The van der Waals surface area contributed by atoms with E-state index in [1.165, 1.54) is 11.1 Å². The highest BCUT2D eigenvalue weighted by molar-refractivity contribution is 5.97. The first kappa shape index (κ1) is 23.9. The second-order valence-electron chi connectivity index (χ2n) is 8.95. The number of hydrogen-bond donors (Lipinski definition) is 2. The molecule has 0 aliphatic carbocycles. The van der Waals surface area contributed by atoms with Gasteiger partial charge in [-0.15, -0.1) is 0 Å². The SMILES string of the molecule is CC(=O)c1cc2ccccc2[nH]1.Cc1ccc2c(c1)ncn2-c1ccnc(N[C@@H](C)c2ccccc2)n1. The van der Waals surface area contributed by atoms with Crippen molar-refractivity contribution in [2.45, 2.75) is 26.8 Å². The van der Waals surface area contributed by atoms with Crippen LogP contribution in [0.25, 0.3) is 27.8 Å². The third kappa shape index (κ3) is 5.41. The predicted molar refractivity (Wildman–Crippen MR) is 148 cm³/mol. The Balaban J connectivity index is 0.000000195. The number of hydrogen-bond acceptors (Lipinski definition) is 5. The summed E-state index contributed by atoms with van der Waals surface area (Å²) < 4.78 is 1.98. The number of nitrogens with one attached hydrogen (secondary N) is 2. The van der Waals surface area contributed by atoms with Crippen LogP contribution >= 0.6 is 0 Å². The van der Waals surface area contributed by atoms with Crippen LogP contribution < -0.4 is 5.32 Å². The lowest BCUT2D eigenvalue weighted by atomic mass is 10.1. The molecule has 0 saturated heterocycles. The average molecular weight is 489 g/mol. The molecular formula is C30H28N6O. The maximum absolute atomic E-state index is 11.0. The molecule has 0 fully saturated rings. The van der Waals surface area contributed by atoms with Crippen LogP contribution in [0.3, 0.4) is 0 Å². The van der Waals surface area contributed by atoms with E-state index in [1.54, 1.807) is 19.4 Å².